The largest absolute Gasteiger partial charge is 0.456 e. The average Bonchev–Trinajstić information content (AvgIpc) is 3.92. The van der Waals surface area contributed by atoms with E-state index < -0.39 is 0 Å². The molecule has 0 spiro atoms. The third kappa shape index (κ3) is 6.01. The van der Waals surface area contributed by atoms with E-state index in [1.807, 2.05) is 23.5 Å². The molecule has 0 bridgehead atoms. The zero-order valence-corrected chi connectivity index (χ0v) is 33.9. The third-order valence-electron chi connectivity index (χ3n) is 12.1. The number of thiophene rings is 1. The van der Waals surface area contributed by atoms with Crippen molar-refractivity contribution in [1.29, 1.82) is 0 Å². The van der Waals surface area contributed by atoms with Crippen molar-refractivity contribution in [3.8, 4) is 44.5 Å². The summed E-state index contributed by atoms with van der Waals surface area (Å²) in [5.41, 5.74) is 14.7. The van der Waals surface area contributed by atoms with Gasteiger partial charge in [0.1, 0.15) is 11.2 Å². The van der Waals surface area contributed by atoms with E-state index in [2.05, 4.69) is 217 Å². The molecule has 0 fully saturated rings. The standard InChI is InChI=1S/C58H37NOS/c1-2-14-40(15-3-1)46-17-6-7-18-48(46)49-35-36-52(58-57(49)51-20-9-11-24-55(51)61-58)59(44-31-27-39(28-32-44)43-26-25-38-13-4-5-16-42(38)37-43)45-33-29-41(30-34-45)47-21-12-23-54-56(47)50-19-8-10-22-53(50)60-54/h1-37H. The molecule has 12 rings (SSSR count). The van der Waals surface area contributed by atoms with Gasteiger partial charge in [0.25, 0.3) is 0 Å². The number of furan rings is 1. The van der Waals surface area contributed by atoms with Crippen LogP contribution in [0.5, 0.6) is 0 Å². The molecule has 0 saturated heterocycles. The van der Waals surface area contributed by atoms with Crippen LogP contribution in [0.15, 0.2) is 229 Å². The molecule has 0 aliphatic rings. The van der Waals surface area contributed by atoms with Crippen molar-refractivity contribution in [3.05, 3.63) is 224 Å². The first-order valence-corrected chi connectivity index (χ1v) is 21.6. The molecule has 0 radical (unpaired) electrons. The summed E-state index contributed by atoms with van der Waals surface area (Å²) in [5.74, 6) is 0. The van der Waals surface area contributed by atoms with Gasteiger partial charge in [0.2, 0.25) is 0 Å². The van der Waals surface area contributed by atoms with E-state index in [4.69, 9.17) is 4.42 Å². The van der Waals surface area contributed by atoms with E-state index in [1.165, 1.54) is 64.3 Å². The lowest BCUT2D eigenvalue weighted by atomic mass is 9.91. The molecule has 0 N–H and O–H groups in total. The number of para-hydroxylation sites is 1. The molecule has 0 atom stereocenters. The Morgan fingerprint density at radius 1 is 0.344 bits per heavy atom. The highest BCUT2D eigenvalue weighted by atomic mass is 32.1. The van der Waals surface area contributed by atoms with Gasteiger partial charge >= 0.3 is 0 Å². The summed E-state index contributed by atoms with van der Waals surface area (Å²) in [5, 5.41) is 7.30. The molecule has 12 aromatic rings. The van der Waals surface area contributed by atoms with E-state index >= 15 is 0 Å². The first kappa shape index (κ1) is 35.2. The van der Waals surface area contributed by atoms with E-state index in [1.54, 1.807) is 0 Å². The Morgan fingerprint density at radius 2 is 0.951 bits per heavy atom. The molecular formula is C58H37NOS. The molecule has 0 saturated carbocycles. The first-order chi connectivity index (χ1) is 30.2. The van der Waals surface area contributed by atoms with Crippen molar-refractivity contribution in [1.82, 2.24) is 0 Å². The van der Waals surface area contributed by atoms with Gasteiger partial charge in [0.05, 0.1) is 10.4 Å². The molecule has 0 aliphatic carbocycles. The second-order valence-corrected chi connectivity index (χ2v) is 16.7. The number of anilines is 3. The summed E-state index contributed by atoms with van der Waals surface area (Å²) in [6, 6.07) is 81.2. The highest BCUT2D eigenvalue weighted by Crippen LogP contribution is 2.50. The molecule has 0 aliphatic heterocycles. The fourth-order valence-electron chi connectivity index (χ4n) is 9.21. The van der Waals surface area contributed by atoms with Crippen molar-refractivity contribution in [2.75, 3.05) is 4.90 Å². The van der Waals surface area contributed by atoms with Crippen LogP contribution in [0.2, 0.25) is 0 Å². The molecule has 10 aromatic carbocycles. The SMILES string of the molecule is c1ccc(-c2ccccc2-c2ccc(N(c3ccc(-c4ccc5ccccc5c4)cc3)c3ccc(-c4cccc5oc6ccccc6c45)cc3)c3sc4ccccc4c23)cc1. The van der Waals surface area contributed by atoms with Crippen LogP contribution in [0, 0.1) is 0 Å². The Balaban J connectivity index is 1.05. The predicted molar refractivity (Wildman–Crippen MR) is 261 cm³/mol. The molecule has 2 aromatic heterocycles. The topological polar surface area (TPSA) is 16.4 Å². The van der Waals surface area contributed by atoms with Gasteiger partial charge in [0, 0.05) is 37.6 Å². The number of benzene rings is 10. The highest BCUT2D eigenvalue weighted by molar-refractivity contribution is 7.26. The van der Waals surface area contributed by atoms with Crippen LogP contribution in [0.1, 0.15) is 0 Å². The molecule has 61 heavy (non-hydrogen) atoms. The maximum atomic E-state index is 6.29. The molecule has 3 heteroatoms. The van der Waals surface area contributed by atoms with Crippen LogP contribution in [0.4, 0.5) is 17.1 Å². The van der Waals surface area contributed by atoms with Gasteiger partial charge in [-0.25, -0.2) is 0 Å². The van der Waals surface area contributed by atoms with Crippen molar-refractivity contribution in [3.63, 3.8) is 0 Å². The summed E-state index contributed by atoms with van der Waals surface area (Å²) in [4.78, 5) is 2.44. The van der Waals surface area contributed by atoms with Gasteiger partial charge in [-0.3, -0.25) is 0 Å². The van der Waals surface area contributed by atoms with E-state index in [0.717, 1.165) is 50.1 Å². The van der Waals surface area contributed by atoms with Gasteiger partial charge in [0.15, 0.2) is 0 Å². The Bertz CT molecular complexity index is 3580. The van der Waals surface area contributed by atoms with Gasteiger partial charge in [-0.15, -0.1) is 11.3 Å². The van der Waals surface area contributed by atoms with Crippen LogP contribution in [0.3, 0.4) is 0 Å². The van der Waals surface area contributed by atoms with Gasteiger partial charge in [-0.05, 0) is 110 Å². The zero-order chi connectivity index (χ0) is 40.3. The summed E-state index contributed by atoms with van der Waals surface area (Å²) in [6.45, 7) is 0. The first-order valence-electron chi connectivity index (χ1n) is 20.7. The predicted octanol–water partition coefficient (Wildman–Crippen LogP) is 17.2. The number of fused-ring (bicyclic) bond motifs is 7. The Morgan fingerprint density at radius 3 is 1.77 bits per heavy atom. The number of rotatable bonds is 7. The van der Waals surface area contributed by atoms with Gasteiger partial charge < -0.3 is 9.32 Å². The summed E-state index contributed by atoms with van der Waals surface area (Å²) in [7, 11) is 0. The summed E-state index contributed by atoms with van der Waals surface area (Å²) in [6.07, 6.45) is 0. The maximum Gasteiger partial charge on any atom is 0.136 e. The van der Waals surface area contributed by atoms with Crippen LogP contribution < -0.4 is 4.90 Å². The van der Waals surface area contributed by atoms with Crippen LogP contribution in [-0.4, -0.2) is 0 Å². The molecular weight excluding hydrogens is 759 g/mol. The van der Waals surface area contributed by atoms with Gasteiger partial charge in [-0.2, -0.15) is 0 Å². The van der Waals surface area contributed by atoms with Crippen molar-refractivity contribution < 1.29 is 4.42 Å². The minimum Gasteiger partial charge on any atom is -0.456 e. The third-order valence-corrected chi connectivity index (χ3v) is 13.3. The lowest BCUT2D eigenvalue weighted by molar-refractivity contribution is 0.669. The fourth-order valence-corrected chi connectivity index (χ4v) is 10.4. The van der Waals surface area contributed by atoms with Crippen molar-refractivity contribution >= 4 is 81.3 Å². The maximum absolute atomic E-state index is 6.29. The van der Waals surface area contributed by atoms with Crippen molar-refractivity contribution in [2.24, 2.45) is 0 Å². The number of hydrogen-bond donors (Lipinski definition) is 0. The molecule has 0 amide bonds. The second kappa shape index (κ2) is 14.5. The van der Waals surface area contributed by atoms with E-state index in [9.17, 15) is 0 Å². The lowest BCUT2D eigenvalue weighted by Crippen LogP contribution is -2.10. The smallest absolute Gasteiger partial charge is 0.136 e. The summed E-state index contributed by atoms with van der Waals surface area (Å²) >= 11 is 1.87. The van der Waals surface area contributed by atoms with E-state index in [-0.39, 0.29) is 0 Å². The van der Waals surface area contributed by atoms with Crippen LogP contribution in [-0.2, 0) is 0 Å². The van der Waals surface area contributed by atoms with Gasteiger partial charge in [-0.1, -0.05) is 170 Å². The zero-order valence-electron chi connectivity index (χ0n) is 33.1. The number of hydrogen-bond acceptors (Lipinski definition) is 3. The summed E-state index contributed by atoms with van der Waals surface area (Å²) < 4.78 is 8.81. The molecule has 286 valence electrons. The normalized spacial score (nSPS) is 11.6. The molecule has 2 heterocycles. The molecule has 2 nitrogen and oxygen atoms in total. The highest BCUT2D eigenvalue weighted by Gasteiger charge is 2.22. The second-order valence-electron chi connectivity index (χ2n) is 15.6. The van der Waals surface area contributed by atoms with Crippen LogP contribution >= 0.6 is 11.3 Å². The quantitative estimate of drug-likeness (QED) is 0.160. The monoisotopic (exact) mass is 795 g/mol. The number of nitrogens with zero attached hydrogens (tertiary/aromatic N) is 1. The van der Waals surface area contributed by atoms with E-state index in [0.29, 0.717) is 0 Å². The Kier molecular flexibility index (Phi) is 8.39. The molecule has 0 unspecified atom stereocenters. The Hall–Kier alpha value is -7.72. The van der Waals surface area contributed by atoms with Crippen molar-refractivity contribution in [2.45, 2.75) is 0 Å². The Labute approximate surface area is 357 Å². The average molecular weight is 796 g/mol. The minimum atomic E-state index is 0.900. The lowest BCUT2D eigenvalue weighted by Gasteiger charge is -2.27. The minimum absolute atomic E-state index is 0.900. The van der Waals surface area contributed by atoms with Crippen LogP contribution in [0.25, 0.3) is 97.4 Å². The fraction of sp³-hybridized carbons (Fsp3) is 0.